The number of rotatable bonds is 8. The molecule has 3 rings (SSSR count). The average molecular weight is 380 g/mol. The third kappa shape index (κ3) is 5.28. The highest BCUT2D eigenvalue weighted by molar-refractivity contribution is 7.99. The summed E-state index contributed by atoms with van der Waals surface area (Å²) in [5.74, 6) is 0.195. The Bertz CT molecular complexity index is 878. The van der Waals surface area contributed by atoms with Crippen LogP contribution in [0, 0.1) is 0 Å². The lowest BCUT2D eigenvalue weighted by Gasteiger charge is -2.17. The van der Waals surface area contributed by atoms with E-state index in [1.165, 1.54) is 0 Å². The minimum atomic E-state index is -0.995. The number of methoxy groups -OCH3 is 1. The Morgan fingerprint density at radius 1 is 0.926 bits per heavy atom. The van der Waals surface area contributed by atoms with Gasteiger partial charge in [0.15, 0.2) is 6.10 Å². The number of hydrogen-bond donors (Lipinski definition) is 1. The van der Waals surface area contributed by atoms with Crippen molar-refractivity contribution in [1.82, 2.24) is 0 Å². The van der Waals surface area contributed by atoms with Gasteiger partial charge in [-0.1, -0.05) is 48.2 Å². The van der Waals surface area contributed by atoms with E-state index in [0.717, 1.165) is 15.4 Å². The molecule has 27 heavy (non-hydrogen) atoms. The molecule has 4 nitrogen and oxygen atoms in total. The lowest BCUT2D eigenvalue weighted by atomic mass is 10.1. The molecule has 5 heteroatoms. The quantitative estimate of drug-likeness (QED) is 0.601. The summed E-state index contributed by atoms with van der Waals surface area (Å²) in [6, 6.07) is 24.7. The highest BCUT2D eigenvalue weighted by Gasteiger charge is 2.21. The van der Waals surface area contributed by atoms with Gasteiger partial charge in [0.1, 0.15) is 11.5 Å². The predicted molar refractivity (Wildman–Crippen MR) is 106 cm³/mol. The Kier molecular flexibility index (Phi) is 6.39. The van der Waals surface area contributed by atoms with Crippen molar-refractivity contribution >= 4 is 17.7 Å². The van der Waals surface area contributed by atoms with Crippen LogP contribution in [-0.4, -0.2) is 24.3 Å². The first-order valence-electron chi connectivity index (χ1n) is 8.50. The molecule has 0 heterocycles. The van der Waals surface area contributed by atoms with E-state index in [4.69, 9.17) is 9.47 Å². The third-order valence-corrected chi connectivity index (χ3v) is 5.09. The van der Waals surface area contributed by atoms with E-state index in [1.807, 2.05) is 54.6 Å². The van der Waals surface area contributed by atoms with Crippen molar-refractivity contribution in [1.29, 1.82) is 0 Å². The molecule has 0 bridgehead atoms. The van der Waals surface area contributed by atoms with E-state index in [-0.39, 0.29) is 6.42 Å². The molecule has 3 aromatic rings. The molecule has 0 radical (unpaired) electrons. The maximum absolute atomic E-state index is 11.7. The molecule has 1 atom stereocenters. The van der Waals surface area contributed by atoms with E-state index in [2.05, 4.69) is 0 Å². The van der Waals surface area contributed by atoms with Gasteiger partial charge in [0.2, 0.25) is 0 Å². The predicted octanol–water partition coefficient (Wildman–Crippen LogP) is 4.92. The molecule has 0 aliphatic heterocycles. The summed E-state index contributed by atoms with van der Waals surface area (Å²) < 4.78 is 10.8. The van der Waals surface area contributed by atoms with Gasteiger partial charge in [-0.05, 0) is 48.0 Å². The molecule has 0 aliphatic rings. The first kappa shape index (κ1) is 18.9. The second kappa shape index (κ2) is 9.14. The summed E-state index contributed by atoms with van der Waals surface area (Å²) >= 11 is 1.61. The van der Waals surface area contributed by atoms with Crippen molar-refractivity contribution in [2.24, 2.45) is 0 Å². The number of ether oxygens (including phenoxy) is 2. The van der Waals surface area contributed by atoms with Crippen molar-refractivity contribution < 1.29 is 19.4 Å². The zero-order chi connectivity index (χ0) is 19.1. The lowest BCUT2D eigenvalue weighted by Crippen LogP contribution is -2.29. The van der Waals surface area contributed by atoms with E-state index in [1.54, 1.807) is 43.1 Å². The maximum atomic E-state index is 11.7. The number of aliphatic carboxylic acids is 1. The zero-order valence-corrected chi connectivity index (χ0v) is 15.7. The number of carbonyl (C=O) groups is 1. The molecular weight excluding hydrogens is 360 g/mol. The lowest BCUT2D eigenvalue weighted by molar-refractivity contribution is -0.145. The molecule has 0 amide bonds. The van der Waals surface area contributed by atoms with Gasteiger partial charge in [0.25, 0.3) is 0 Å². The van der Waals surface area contributed by atoms with Crippen molar-refractivity contribution in [2.45, 2.75) is 22.3 Å². The molecule has 0 aromatic heterocycles. The van der Waals surface area contributed by atoms with Crippen LogP contribution in [0.3, 0.4) is 0 Å². The molecule has 0 saturated carbocycles. The molecule has 1 N–H and O–H groups in total. The van der Waals surface area contributed by atoms with E-state index < -0.39 is 12.1 Å². The van der Waals surface area contributed by atoms with Crippen LogP contribution in [0.2, 0.25) is 0 Å². The largest absolute Gasteiger partial charge is 0.497 e. The summed E-state index contributed by atoms with van der Waals surface area (Å²) in [5, 5.41) is 9.62. The van der Waals surface area contributed by atoms with E-state index >= 15 is 0 Å². The molecular formula is C22H20O4S. The van der Waals surface area contributed by atoms with Crippen LogP contribution in [0.15, 0.2) is 88.7 Å². The van der Waals surface area contributed by atoms with Gasteiger partial charge >= 0.3 is 5.97 Å². The molecule has 0 unspecified atom stereocenters. The topological polar surface area (TPSA) is 55.8 Å². The van der Waals surface area contributed by atoms with Crippen LogP contribution in [0.25, 0.3) is 0 Å². The number of carboxylic acids is 1. The summed E-state index contributed by atoms with van der Waals surface area (Å²) in [6.07, 6.45) is -0.701. The molecule has 3 aromatic carbocycles. The molecule has 0 saturated heterocycles. The van der Waals surface area contributed by atoms with Gasteiger partial charge in [0.05, 0.1) is 7.11 Å². The van der Waals surface area contributed by atoms with Crippen molar-refractivity contribution in [3.8, 4) is 11.5 Å². The average Bonchev–Trinajstić information content (AvgIpc) is 2.70. The maximum Gasteiger partial charge on any atom is 0.345 e. The fourth-order valence-corrected chi connectivity index (χ4v) is 3.56. The molecule has 0 aliphatic carbocycles. The minimum absolute atomic E-state index is 0.275. The molecule has 138 valence electrons. The van der Waals surface area contributed by atoms with Crippen molar-refractivity contribution in [2.75, 3.05) is 7.11 Å². The summed E-state index contributed by atoms with van der Waals surface area (Å²) in [5.41, 5.74) is 0.937. The Balaban J connectivity index is 1.77. The van der Waals surface area contributed by atoms with Gasteiger partial charge in [-0.2, -0.15) is 0 Å². The van der Waals surface area contributed by atoms with Gasteiger partial charge in [0, 0.05) is 16.2 Å². The second-order valence-electron chi connectivity index (χ2n) is 5.85. The number of benzene rings is 3. The van der Waals surface area contributed by atoms with Crippen LogP contribution in [0.5, 0.6) is 11.5 Å². The summed E-state index contributed by atoms with van der Waals surface area (Å²) in [4.78, 5) is 13.9. The van der Waals surface area contributed by atoms with Crippen LogP contribution in [-0.2, 0) is 11.2 Å². The summed E-state index contributed by atoms with van der Waals surface area (Å²) in [6.45, 7) is 0. The Labute approximate surface area is 162 Å². The van der Waals surface area contributed by atoms with Gasteiger partial charge in [-0.3, -0.25) is 0 Å². The van der Waals surface area contributed by atoms with E-state index in [0.29, 0.717) is 11.5 Å². The number of hydrogen-bond acceptors (Lipinski definition) is 4. The van der Waals surface area contributed by atoms with Gasteiger partial charge in [-0.25, -0.2) is 4.79 Å². The Morgan fingerprint density at radius 3 is 2.22 bits per heavy atom. The molecule has 0 fully saturated rings. The van der Waals surface area contributed by atoms with Crippen LogP contribution in [0.4, 0.5) is 0 Å². The Hall–Kier alpha value is -2.92. The number of carboxylic acid groups (broad SMARTS) is 1. The minimum Gasteiger partial charge on any atom is -0.497 e. The summed E-state index contributed by atoms with van der Waals surface area (Å²) in [7, 11) is 1.58. The molecule has 0 spiro atoms. The first-order valence-corrected chi connectivity index (χ1v) is 9.31. The fraction of sp³-hybridized carbons (Fsp3) is 0.136. The van der Waals surface area contributed by atoms with Crippen LogP contribution in [0.1, 0.15) is 5.56 Å². The first-order chi connectivity index (χ1) is 13.2. The Morgan fingerprint density at radius 2 is 1.56 bits per heavy atom. The van der Waals surface area contributed by atoms with Crippen molar-refractivity contribution in [3.05, 3.63) is 84.4 Å². The van der Waals surface area contributed by atoms with Gasteiger partial charge < -0.3 is 14.6 Å². The normalized spacial score (nSPS) is 11.6. The second-order valence-corrected chi connectivity index (χ2v) is 6.96. The highest BCUT2D eigenvalue weighted by atomic mass is 32.2. The van der Waals surface area contributed by atoms with Gasteiger partial charge in [-0.15, -0.1) is 0 Å². The highest BCUT2D eigenvalue weighted by Crippen LogP contribution is 2.31. The zero-order valence-electron chi connectivity index (χ0n) is 14.9. The van der Waals surface area contributed by atoms with Crippen LogP contribution >= 0.6 is 11.8 Å². The fourth-order valence-electron chi connectivity index (χ4n) is 2.59. The SMILES string of the molecule is COc1ccc(O[C@@H](Cc2ccccc2Sc2ccccc2)C(=O)O)cc1. The smallest absolute Gasteiger partial charge is 0.345 e. The van der Waals surface area contributed by atoms with Crippen LogP contribution < -0.4 is 9.47 Å². The monoisotopic (exact) mass is 380 g/mol. The van der Waals surface area contributed by atoms with E-state index in [9.17, 15) is 9.90 Å². The van der Waals surface area contributed by atoms with Crippen molar-refractivity contribution in [3.63, 3.8) is 0 Å². The standard InChI is InChI=1S/C22H20O4S/c1-25-17-11-13-18(14-12-17)26-20(22(23)24)15-16-7-5-6-10-21(16)27-19-8-3-2-4-9-19/h2-14,20H,15H2,1H3,(H,23,24)/t20-/m0/s1. The third-order valence-electron chi connectivity index (χ3n) is 3.96.